The van der Waals surface area contributed by atoms with Crippen LogP contribution < -0.4 is 9.46 Å². The minimum atomic E-state index is -3.98. The summed E-state index contributed by atoms with van der Waals surface area (Å²) in [6.45, 7) is 3.48. The predicted molar refractivity (Wildman–Crippen MR) is 81.9 cm³/mol. The van der Waals surface area contributed by atoms with Crippen LogP contribution in [0.4, 0.5) is 0 Å². The van der Waals surface area contributed by atoms with Crippen LogP contribution in [0.3, 0.4) is 0 Å². The molecule has 1 rings (SSSR count). The number of rotatable bonds is 7. The Hall–Kier alpha value is -1.12. The molecule has 0 saturated carbocycles. The highest BCUT2D eigenvalue weighted by molar-refractivity contribution is 9.10. The number of carboxylic acid groups (broad SMARTS) is 1. The average molecular weight is 380 g/mol. The Morgan fingerprint density at radius 1 is 1.48 bits per heavy atom. The largest absolute Gasteiger partial charge is 0.497 e. The Morgan fingerprint density at radius 2 is 2.10 bits per heavy atom. The first-order chi connectivity index (χ1) is 9.72. The number of methoxy groups -OCH3 is 1. The van der Waals surface area contributed by atoms with E-state index in [2.05, 4.69) is 20.7 Å². The van der Waals surface area contributed by atoms with Gasteiger partial charge in [-0.15, -0.1) is 0 Å². The first kappa shape index (κ1) is 17.9. The van der Waals surface area contributed by atoms with Crippen LogP contribution in [-0.4, -0.2) is 32.6 Å². The van der Waals surface area contributed by atoms with Gasteiger partial charge in [0.1, 0.15) is 11.8 Å². The van der Waals surface area contributed by atoms with E-state index in [1.807, 2.05) is 0 Å². The zero-order valence-corrected chi connectivity index (χ0v) is 14.4. The van der Waals surface area contributed by atoms with Gasteiger partial charge in [-0.1, -0.05) is 20.3 Å². The van der Waals surface area contributed by atoms with Crippen LogP contribution in [0.25, 0.3) is 0 Å². The zero-order chi connectivity index (χ0) is 16.2. The van der Waals surface area contributed by atoms with E-state index in [0.29, 0.717) is 16.6 Å². The zero-order valence-electron chi connectivity index (χ0n) is 12.0. The molecule has 0 spiro atoms. The Balaban J connectivity index is 3.19. The number of benzene rings is 1. The SMILES string of the molecule is CC[C@H](C)[C@H](NS(=O)(=O)c1cc(OC)ccc1Br)C(=O)O. The van der Waals surface area contributed by atoms with E-state index >= 15 is 0 Å². The van der Waals surface area contributed by atoms with Crippen molar-refractivity contribution in [1.29, 1.82) is 0 Å². The summed E-state index contributed by atoms with van der Waals surface area (Å²) in [5.74, 6) is -1.16. The number of ether oxygens (including phenoxy) is 1. The molecule has 6 nitrogen and oxygen atoms in total. The normalized spacial score (nSPS) is 14.5. The summed E-state index contributed by atoms with van der Waals surface area (Å²) in [6, 6.07) is 3.29. The van der Waals surface area contributed by atoms with E-state index in [-0.39, 0.29) is 10.8 Å². The van der Waals surface area contributed by atoms with Crippen LogP contribution in [0.15, 0.2) is 27.6 Å². The first-order valence-corrected chi connectivity index (χ1v) is 8.59. The lowest BCUT2D eigenvalue weighted by atomic mass is 10.0. The molecule has 0 radical (unpaired) electrons. The first-order valence-electron chi connectivity index (χ1n) is 6.31. The Kier molecular flexibility index (Phi) is 6.18. The van der Waals surface area contributed by atoms with E-state index in [1.54, 1.807) is 19.9 Å². The van der Waals surface area contributed by atoms with Crippen LogP contribution >= 0.6 is 15.9 Å². The molecule has 0 saturated heterocycles. The Morgan fingerprint density at radius 3 is 2.57 bits per heavy atom. The molecule has 2 N–H and O–H groups in total. The molecule has 2 atom stereocenters. The summed E-state index contributed by atoms with van der Waals surface area (Å²) < 4.78 is 32.4. The molecule has 1 aromatic rings. The van der Waals surface area contributed by atoms with Crippen LogP contribution in [0.1, 0.15) is 20.3 Å². The molecule has 0 bridgehead atoms. The third kappa shape index (κ3) is 4.42. The summed E-state index contributed by atoms with van der Waals surface area (Å²) in [4.78, 5) is 11.2. The lowest BCUT2D eigenvalue weighted by molar-refractivity contribution is -0.140. The fourth-order valence-corrected chi connectivity index (χ4v) is 3.97. The van der Waals surface area contributed by atoms with Crippen molar-refractivity contribution in [2.45, 2.75) is 31.2 Å². The van der Waals surface area contributed by atoms with Crippen molar-refractivity contribution >= 4 is 31.9 Å². The van der Waals surface area contributed by atoms with Crippen LogP contribution in [0.5, 0.6) is 5.75 Å². The van der Waals surface area contributed by atoms with Gasteiger partial charge in [0.15, 0.2) is 0 Å². The molecular weight excluding hydrogens is 362 g/mol. The smallest absolute Gasteiger partial charge is 0.322 e. The maximum atomic E-state index is 12.4. The van der Waals surface area contributed by atoms with Gasteiger partial charge in [0.25, 0.3) is 0 Å². The van der Waals surface area contributed by atoms with E-state index in [0.717, 1.165) is 0 Å². The highest BCUT2D eigenvalue weighted by Crippen LogP contribution is 2.27. The van der Waals surface area contributed by atoms with Crippen molar-refractivity contribution in [3.63, 3.8) is 0 Å². The number of nitrogens with one attached hydrogen (secondary N) is 1. The number of hydrogen-bond donors (Lipinski definition) is 2. The molecule has 0 aromatic heterocycles. The Labute approximate surface area is 132 Å². The van der Waals surface area contributed by atoms with E-state index in [9.17, 15) is 18.3 Å². The summed E-state index contributed by atoms with van der Waals surface area (Å²) >= 11 is 3.15. The van der Waals surface area contributed by atoms with Crippen molar-refractivity contribution in [3.8, 4) is 5.75 Å². The average Bonchev–Trinajstić information content (AvgIpc) is 2.44. The molecule has 0 amide bonds. The van der Waals surface area contributed by atoms with Gasteiger partial charge < -0.3 is 9.84 Å². The van der Waals surface area contributed by atoms with Gasteiger partial charge in [-0.3, -0.25) is 4.79 Å². The molecule has 0 fully saturated rings. The highest BCUT2D eigenvalue weighted by atomic mass is 79.9. The molecule has 0 aliphatic rings. The van der Waals surface area contributed by atoms with Crippen molar-refractivity contribution in [3.05, 3.63) is 22.7 Å². The van der Waals surface area contributed by atoms with Gasteiger partial charge in [0.05, 0.1) is 12.0 Å². The second kappa shape index (κ2) is 7.24. The van der Waals surface area contributed by atoms with Gasteiger partial charge in [0.2, 0.25) is 10.0 Å². The standard InChI is InChI=1S/C13H18BrNO5S/c1-4-8(2)12(13(16)17)15-21(18,19)11-7-9(20-3)5-6-10(11)14/h5-8,12,15H,4H2,1-3H3,(H,16,17)/t8-,12-/m0/s1. The summed E-state index contributed by atoms with van der Waals surface area (Å²) in [7, 11) is -2.56. The number of carbonyl (C=O) groups is 1. The lowest BCUT2D eigenvalue weighted by Gasteiger charge is -2.20. The predicted octanol–water partition coefficient (Wildman–Crippen LogP) is 2.24. The molecular formula is C13H18BrNO5S. The maximum absolute atomic E-state index is 12.4. The van der Waals surface area contributed by atoms with Gasteiger partial charge >= 0.3 is 5.97 Å². The molecule has 0 aliphatic heterocycles. The molecule has 0 aliphatic carbocycles. The molecule has 0 heterocycles. The fraction of sp³-hybridized carbons (Fsp3) is 0.462. The summed E-state index contributed by atoms with van der Waals surface area (Å²) in [5.41, 5.74) is 0. The van der Waals surface area contributed by atoms with Crippen molar-refractivity contribution in [2.75, 3.05) is 7.11 Å². The maximum Gasteiger partial charge on any atom is 0.322 e. The van der Waals surface area contributed by atoms with Gasteiger partial charge in [-0.2, -0.15) is 4.72 Å². The van der Waals surface area contributed by atoms with Crippen LogP contribution in [0, 0.1) is 5.92 Å². The topological polar surface area (TPSA) is 92.7 Å². The van der Waals surface area contributed by atoms with Gasteiger partial charge in [-0.05, 0) is 34.0 Å². The second-order valence-electron chi connectivity index (χ2n) is 4.62. The van der Waals surface area contributed by atoms with E-state index < -0.39 is 22.0 Å². The summed E-state index contributed by atoms with van der Waals surface area (Å²) in [5, 5.41) is 9.19. The van der Waals surface area contributed by atoms with Gasteiger partial charge in [-0.25, -0.2) is 8.42 Å². The summed E-state index contributed by atoms with van der Waals surface area (Å²) in [6.07, 6.45) is 0.540. The fourth-order valence-electron chi connectivity index (χ4n) is 1.69. The molecule has 8 heteroatoms. The second-order valence-corrected chi connectivity index (χ2v) is 7.16. The number of aliphatic carboxylic acids is 1. The minimum Gasteiger partial charge on any atom is -0.497 e. The van der Waals surface area contributed by atoms with Crippen molar-refractivity contribution < 1.29 is 23.1 Å². The van der Waals surface area contributed by atoms with E-state index in [1.165, 1.54) is 19.2 Å². The number of halogens is 1. The van der Waals surface area contributed by atoms with Crippen molar-refractivity contribution in [2.24, 2.45) is 5.92 Å². The molecule has 0 unspecified atom stereocenters. The number of sulfonamides is 1. The quantitative estimate of drug-likeness (QED) is 0.757. The number of carboxylic acids is 1. The van der Waals surface area contributed by atoms with Crippen molar-refractivity contribution in [1.82, 2.24) is 4.72 Å². The van der Waals surface area contributed by atoms with E-state index in [4.69, 9.17) is 4.74 Å². The molecule has 21 heavy (non-hydrogen) atoms. The third-order valence-corrected chi connectivity index (χ3v) is 5.62. The number of hydrogen-bond acceptors (Lipinski definition) is 4. The monoisotopic (exact) mass is 379 g/mol. The van der Waals surface area contributed by atoms with Crippen LogP contribution in [0.2, 0.25) is 0 Å². The molecule has 118 valence electrons. The lowest BCUT2D eigenvalue weighted by Crippen LogP contribution is -2.44. The highest BCUT2D eigenvalue weighted by Gasteiger charge is 2.30. The minimum absolute atomic E-state index is 0.0589. The Bertz CT molecular complexity index is 617. The molecule has 1 aromatic carbocycles. The van der Waals surface area contributed by atoms with Crippen LogP contribution in [-0.2, 0) is 14.8 Å². The third-order valence-electron chi connectivity index (χ3n) is 3.19. The van der Waals surface area contributed by atoms with Gasteiger partial charge in [0, 0.05) is 10.5 Å².